The Morgan fingerprint density at radius 2 is 1.85 bits per heavy atom. The fourth-order valence-electron chi connectivity index (χ4n) is 3.36. The number of benzene rings is 2. The number of thiophene rings is 1. The molecule has 0 aliphatic heterocycles. The Morgan fingerprint density at radius 3 is 2.67 bits per heavy atom. The lowest BCUT2D eigenvalue weighted by atomic mass is 10.1. The number of phenols is 1. The molecule has 4 nitrogen and oxygen atoms in total. The summed E-state index contributed by atoms with van der Waals surface area (Å²) in [5.74, 6) is 1.18. The van der Waals surface area contributed by atoms with E-state index in [0.29, 0.717) is 5.75 Å². The number of hydrogen-bond donors (Lipinski definition) is 2. The van der Waals surface area contributed by atoms with Crippen LogP contribution in [0.5, 0.6) is 5.75 Å². The highest BCUT2D eigenvalue weighted by atomic mass is 32.1. The van der Waals surface area contributed by atoms with E-state index in [1.165, 1.54) is 10.1 Å². The van der Waals surface area contributed by atoms with Gasteiger partial charge in [0.1, 0.15) is 11.6 Å². The molecule has 0 spiro atoms. The van der Waals surface area contributed by atoms with Crippen LogP contribution < -0.4 is 5.32 Å². The first-order chi connectivity index (χ1) is 13.2. The lowest BCUT2D eigenvalue weighted by Gasteiger charge is -2.19. The van der Waals surface area contributed by atoms with Gasteiger partial charge in [-0.1, -0.05) is 32.0 Å². The zero-order valence-corrected chi connectivity index (χ0v) is 16.4. The van der Waals surface area contributed by atoms with Crippen LogP contribution >= 0.6 is 11.3 Å². The van der Waals surface area contributed by atoms with Crippen molar-refractivity contribution in [2.24, 2.45) is 0 Å². The number of nitrogens with zero attached hydrogens (tertiary/aromatic N) is 2. The molecule has 2 aromatic carbocycles. The van der Waals surface area contributed by atoms with E-state index in [-0.39, 0.29) is 0 Å². The number of fused-ring (bicyclic) bond motifs is 3. The highest BCUT2D eigenvalue weighted by molar-refractivity contribution is 7.18. The van der Waals surface area contributed by atoms with Gasteiger partial charge in [-0.15, -0.1) is 11.3 Å². The van der Waals surface area contributed by atoms with Crippen LogP contribution in [-0.4, -0.2) is 28.1 Å². The molecule has 0 bridgehead atoms. The molecule has 4 aromatic rings. The first kappa shape index (κ1) is 17.8. The summed E-state index contributed by atoms with van der Waals surface area (Å²) in [5, 5.41) is 18.1. The molecule has 4 rings (SSSR count). The van der Waals surface area contributed by atoms with Crippen LogP contribution in [0, 0.1) is 0 Å². The van der Waals surface area contributed by atoms with Crippen molar-refractivity contribution in [2.45, 2.75) is 20.4 Å². The smallest absolute Gasteiger partial charge is 0.139 e. The third kappa shape index (κ3) is 3.48. The lowest BCUT2D eigenvalue weighted by Crippen LogP contribution is -2.22. The summed E-state index contributed by atoms with van der Waals surface area (Å²) in [6.45, 7) is 6.90. The van der Waals surface area contributed by atoms with Gasteiger partial charge in [0, 0.05) is 33.3 Å². The fraction of sp³-hybridized carbons (Fsp3) is 0.227. The van der Waals surface area contributed by atoms with Gasteiger partial charge in [0.05, 0.1) is 5.52 Å². The molecule has 27 heavy (non-hydrogen) atoms. The van der Waals surface area contributed by atoms with Crippen LogP contribution in [-0.2, 0) is 6.54 Å². The maximum Gasteiger partial charge on any atom is 0.139 e. The van der Waals surface area contributed by atoms with Crippen LogP contribution in [0.15, 0.2) is 53.9 Å². The van der Waals surface area contributed by atoms with Crippen molar-refractivity contribution >= 4 is 43.8 Å². The van der Waals surface area contributed by atoms with E-state index in [2.05, 4.69) is 47.6 Å². The zero-order chi connectivity index (χ0) is 18.8. The highest BCUT2D eigenvalue weighted by Crippen LogP contribution is 2.35. The molecule has 0 aliphatic rings. The van der Waals surface area contributed by atoms with Crippen molar-refractivity contribution in [1.82, 2.24) is 9.88 Å². The summed E-state index contributed by atoms with van der Waals surface area (Å²) in [6.07, 6.45) is 0. The Balaban J connectivity index is 1.72. The molecule has 5 heteroatoms. The molecule has 2 heterocycles. The standard InChI is InChI=1S/C22H23N3OS/c1-3-25(4-2)14-15-13-16(9-10-20(15)26)23-22-18-11-12-27-21(18)17-7-5-6-8-19(17)24-22/h5-13,26H,3-4,14H2,1-2H3,(H,23,24). The Bertz CT molecular complexity index is 1090. The summed E-state index contributed by atoms with van der Waals surface area (Å²) >= 11 is 1.73. The Hall–Kier alpha value is -2.63. The van der Waals surface area contributed by atoms with E-state index >= 15 is 0 Å². The number of phenolic OH excluding ortho intramolecular Hbond substituents is 1. The van der Waals surface area contributed by atoms with E-state index in [4.69, 9.17) is 4.98 Å². The molecule has 0 saturated carbocycles. The number of rotatable bonds is 6. The maximum atomic E-state index is 10.3. The fourth-order valence-corrected chi connectivity index (χ4v) is 4.29. The van der Waals surface area contributed by atoms with Crippen LogP contribution in [0.4, 0.5) is 11.5 Å². The second-order valence-corrected chi connectivity index (χ2v) is 7.49. The van der Waals surface area contributed by atoms with Crippen molar-refractivity contribution in [3.8, 4) is 5.75 Å². The highest BCUT2D eigenvalue weighted by Gasteiger charge is 2.11. The zero-order valence-electron chi connectivity index (χ0n) is 15.6. The average Bonchev–Trinajstić information content (AvgIpc) is 3.19. The van der Waals surface area contributed by atoms with Crippen molar-refractivity contribution in [1.29, 1.82) is 0 Å². The van der Waals surface area contributed by atoms with E-state index in [9.17, 15) is 5.11 Å². The van der Waals surface area contributed by atoms with Crippen LogP contribution in [0.2, 0.25) is 0 Å². The third-order valence-electron chi connectivity index (χ3n) is 4.93. The summed E-state index contributed by atoms with van der Waals surface area (Å²) < 4.78 is 1.24. The topological polar surface area (TPSA) is 48.4 Å². The van der Waals surface area contributed by atoms with Gasteiger partial charge in [0.25, 0.3) is 0 Å². The predicted octanol–water partition coefficient (Wildman–Crippen LogP) is 5.74. The second kappa shape index (κ2) is 7.55. The summed E-state index contributed by atoms with van der Waals surface area (Å²) in [7, 11) is 0. The molecule has 2 N–H and O–H groups in total. The van der Waals surface area contributed by atoms with Crippen LogP contribution in [0.1, 0.15) is 19.4 Å². The molecular formula is C22H23N3OS. The average molecular weight is 378 g/mol. The molecule has 0 aliphatic carbocycles. The maximum absolute atomic E-state index is 10.3. The number of nitrogens with one attached hydrogen (secondary N) is 1. The predicted molar refractivity (Wildman–Crippen MR) is 115 cm³/mol. The van der Waals surface area contributed by atoms with Gasteiger partial charge in [-0.2, -0.15) is 0 Å². The minimum Gasteiger partial charge on any atom is -0.508 e. The number of pyridine rings is 1. The SMILES string of the molecule is CCN(CC)Cc1cc(Nc2nc3ccccc3c3sccc23)ccc1O. The van der Waals surface area contributed by atoms with Crippen molar-refractivity contribution in [2.75, 3.05) is 18.4 Å². The lowest BCUT2D eigenvalue weighted by molar-refractivity contribution is 0.291. The molecule has 0 fully saturated rings. The number of anilines is 2. The minimum absolute atomic E-state index is 0.333. The van der Waals surface area contributed by atoms with Gasteiger partial charge < -0.3 is 10.4 Å². The number of hydrogen-bond acceptors (Lipinski definition) is 5. The van der Waals surface area contributed by atoms with Crippen molar-refractivity contribution in [3.05, 3.63) is 59.5 Å². The minimum atomic E-state index is 0.333. The molecular weight excluding hydrogens is 354 g/mol. The van der Waals surface area contributed by atoms with Gasteiger partial charge in [-0.05, 0) is 48.8 Å². The number of aromatic nitrogens is 1. The second-order valence-electron chi connectivity index (χ2n) is 6.57. The molecule has 138 valence electrons. The van der Waals surface area contributed by atoms with E-state index in [1.54, 1.807) is 17.4 Å². The van der Waals surface area contributed by atoms with Gasteiger partial charge >= 0.3 is 0 Å². The first-order valence-electron chi connectivity index (χ1n) is 9.26. The van der Waals surface area contributed by atoms with Crippen molar-refractivity contribution in [3.63, 3.8) is 0 Å². The summed E-state index contributed by atoms with van der Waals surface area (Å²) in [6, 6.07) is 16.0. The molecule has 2 aromatic heterocycles. The van der Waals surface area contributed by atoms with Gasteiger partial charge in [-0.25, -0.2) is 4.98 Å². The number of aromatic hydroxyl groups is 1. The molecule has 0 unspecified atom stereocenters. The third-order valence-corrected chi connectivity index (χ3v) is 5.88. The van der Waals surface area contributed by atoms with E-state index in [1.807, 2.05) is 24.3 Å². The van der Waals surface area contributed by atoms with E-state index < -0.39 is 0 Å². The van der Waals surface area contributed by atoms with Gasteiger partial charge in [0.2, 0.25) is 0 Å². The van der Waals surface area contributed by atoms with Crippen molar-refractivity contribution < 1.29 is 5.11 Å². The quantitative estimate of drug-likeness (QED) is 0.421. The largest absolute Gasteiger partial charge is 0.508 e. The summed E-state index contributed by atoms with van der Waals surface area (Å²) in [5.41, 5.74) is 2.84. The van der Waals surface area contributed by atoms with Crippen LogP contribution in [0.25, 0.3) is 21.0 Å². The van der Waals surface area contributed by atoms with Crippen LogP contribution in [0.3, 0.4) is 0 Å². The molecule has 0 atom stereocenters. The van der Waals surface area contributed by atoms with Gasteiger partial charge in [-0.3, -0.25) is 4.90 Å². The normalized spacial score (nSPS) is 11.5. The molecule has 0 radical (unpaired) electrons. The number of para-hydroxylation sites is 1. The summed E-state index contributed by atoms with van der Waals surface area (Å²) in [4.78, 5) is 7.12. The Morgan fingerprint density at radius 1 is 1.04 bits per heavy atom. The van der Waals surface area contributed by atoms with E-state index in [0.717, 1.165) is 47.6 Å². The molecule has 0 saturated heterocycles. The monoisotopic (exact) mass is 377 g/mol. The Kier molecular flexibility index (Phi) is 4.97. The Labute approximate surface area is 163 Å². The van der Waals surface area contributed by atoms with Gasteiger partial charge in [0.15, 0.2) is 0 Å². The first-order valence-corrected chi connectivity index (χ1v) is 10.1. The molecule has 0 amide bonds.